The summed E-state index contributed by atoms with van der Waals surface area (Å²) in [5, 5.41) is 10.1. The lowest BCUT2D eigenvalue weighted by molar-refractivity contribution is -0.134. The number of rotatable bonds is 4. The third kappa shape index (κ3) is 3.53. The Kier molecular flexibility index (Phi) is 4.91. The van der Waals surface area contributed by atoms with E-state index in [-0.39, 0.29) is 25.2 Å². The van der Waals surface area contributed by atoms with Gasteiger partial charge < -0.3 is 14.7 Å². The van der Waals surface area contributed by atoms with E-state index in [0.717, 1.165) is 12.8 Å². The third-order valence-electron chi connectivity index (χ3n) is 3.15. The van der Waals surface area contributed by atoms with Crippen LogP contribution in [-0.2, 0) is 4.79 Å². The average Bonchev–Trinajstić information content (AvgIpc) is 2.85. The number of halogens is 2. The highest BCUT2D eigenvalue weighted by molar-refractivity contribution is 6.35. The van der Waals surface area contributed by atoms with Gasteiger partial charge in [0.15, 0.2) is 6.61 Å². The molecule has 2 rings (SSSR count). The zero-order chi connectivity index (χ0) is 13.8. The Morgan fingerprint density at radius 3 is 2.95 bits per heavy atom. The van der Waals surface area contributed by atoms with Crippen LogP contribution in [0.3, 0.4) is 0 Å². The summed E-state index contributed by atoms with van der Waals surface area (Å²) in [4.78, 5) is 13.6. The van der Waals surface area contributed by atoms with Gasteiger partial charge in [-0.3, -0.25) is 4.79 Å². The number of likely N-dealkylation sites (tertiary alicyclic amines) is 1. The second-order valence-corrected chi connectivity index (χ2v) is 5.27. The molecular weight excluding hydrogens is 289 g/mol. The first-order chi connectivity index (χ1) is 9.11. The number of carbonyl (C=O) groups excluding carboxylic acids is 1. The van der Waals surface area contributed by atoms with Crippen molar-refractivity contribution in [2.45, 2.75) is 18.9 Å². The molecule has 0 radical (unpaired) electrons. The summed E-state index contributed by atoms with van der Waals surface area (Å²) in [5.74, 6) is 0.293. The van der Waals surface area contributed by atoms with Gasteiger partial charge in [-0.15, -0.1) is 0 Å². The first kappa shape index (κ1) is 14.4. The summed E-state index contributed by atoms with van der Waals surface area (Å²) >= 11 is 11.7. The maximum atomic E-state index is 12.0. The topological polar surface area (TPSA) is 49.8 Å². The van der Waals surface area contributed by atoms with Crippen molar-refractivity contribution in [1.29, 1.82) is 0 Å². The van der Waals surface area contributed by atoms with Gasteiger partial charge in [-0.2, -0.15) is 0 Å². The SMILES string of the molecule is O=C(COc1ccc(Cl)cc1Cl)N1CCC[C@@H]1CO. The molecular formula is C13H15Cl2NO3. The number of amides is 1. The highest BCUT2D eigenvalue weighted by Gasteiger charge is 2.28. The van der Waals surface area contributed by atoms with E-state index in [0.29, 0.717) is 22.3 Å². The molecule has 6 heteroatoms. The average molecular weight is 304 g/mol. The normalized spacial score (nSPS) is 18.7. The van der Waals surface area contributed by atoms with E-state index in [1.807, 2.05) is 0 Å². The van der Waals surface area contributed by atoms with Gasteiger partial charge in [0.25, 0.3) is 5.91 Å². The Bertz CT molecular complexity index is 467. The first-order valence-corrected chi connectivity index (χ1v) is 6.85. The van der Waals surface area contributed by atoms with Crippen LogP contribution in [0, 0.1) is 0 Å². The standard InChI is InChI=1S/C13H15Cl2NO3/c14-9-3-4-12(11(15)6-9)19-8-13(18)16-5-1-2-10(16)7-17/h3-4,6,10,17H,1-2,5,7-8H2/t10-/m1/s1. The second kappa shape index (κ2) is 6.46. The number of carbonyl (C=O) groups is 1. The molecule has 0 saturated carbocycles. The molecule has 4 nitrogen and oxygen atoms in total. The Hall–Kier alpha value is -0.970. The summed E-state index contributed by atoms with van der Waals surface area (Å²) in [6.07, 6.45) is 1.75. The van der Waals surface area contributed by atoms with E-state index in [9.17, 15) is 9.90 Å². The third-order valence-corrected chi connectivity index (χ3v) is 3.68. The molecule has 0 aliphatic carbocycles. The second-order valence-electron chi connectivity index (χ2n) is 4.43. The largest absolute Gasteiger partial charge is 0.482 e. The molecule has 1 N–H and O–H groups in total. The van der Waals surface area contributed by atoms with Crippen LogP contribution in [0.1, 0.15) is 12.8 Å². The monoisotopic (exact) mass is 303 g/mol. The van der Waals surface area contributed by atoms with Gasteiger partial charge in [-0.25, -0.2) is 0 Å². The van der Waals surface area contributed by atoms with Gasteiger partial charge >= 0.3 is 0 Å². The molecule has 19 heavy (non-hydrogen) atoms. The molecule has 0 spiro atoms. The predicted octanol–water partition coefficient (Wildman–Crippen LogP) is 2.36. The summed E-state index contributed by atoms with van der Waals surface area (Å²) in [5.41, 5.74) is 0. The van der Waals surface area contributed by atoms with Crippen LogP contribution >= 0.6 is 23.2 Å². The van der Waals surface area contributed by atoms with Crippen molar-refractivity contribution < 1.29 is 14.6 Å². The van der Waals surface area contributed by atoms with Gasteiger partial charge in [0.05, 0.1) is 17.7 Å². The maximum Gasteiger partial charge on any atom is 0.260 e. The summed E-state index contributed by atoms with van der Waals surface area (Å²) < 4.78 is 5.40. The zero-order valence-electron chi connectivity index (χ0n) is 10.3. The van der Waals surface area contributed by atoms with Crippen molar-refractivity contribution >= 4 is 29.1 Å². The first-order valence-electron chi connectivity index (χ1n) is 6.10. The summed E-state index contributed by atoms with van der Waals surface area (Å²) in [6.45, 7) is 0.576. The molecule has 1 aromatic carbocycles. The van der Waals surface area contributed by atoms with E-state index >= 15 is 0 Å². The van der Waals surface area contributed by atoms with E-state index in [4.69, 9.17) is 27.9 Å². The predicted molar refractivity (Wildman–Crippen MR) is 73.8 cm³/mol. The molecule has 0 aromatic heterocycles. The van der Waals surface area contributed by atoms with Crippen molar-refractivity contribution in [2.75, 3.05) is 19.8 Å². The Morgan fingerprint density at radius 2 is 2.26 bits per heavy atom. The Labute approximate surface area is 121 Å². The number of aliphatic hydroxyl groups excluding tert-OH is 1. The number of nitrogens with zero attached hydrogens (tertiary/aromatic N) is 1. The van der Waals surface area contributed by atoms with Gasteiger partial charge in [0.2, 0.25) is 0 Å². The molecule has 1 fully saturated rings. The van der Waals surface area contributed by atoms with Crippen LogP contribution in [0.25, 0.3) is 0 Å². The lowest BCUT2D eigenvalue weighted by Gasteiger charge is -2.23. The van der Waals surface area contributed by atoms with Gasteiger partial charge in [0.1, 0.15) is 5.75 Å². The molecule has 1 heterocycles. The molecule has 0 unspecified atom stereocenters. The van der Waals surface area contributed by atoms with E-state index in [1.165, 1.54) is 0 Å². The maximum absolute atomic E-state index is 12.0. The zero-order valence-corrected chi connectivity index (χ0v) is 11.8. The molecule has 1 saturated heterocycles. The quantitative estimate of drug-likeness (QED) is 0.929. The molecule has 1 atom stereocenters. The highest BCUT2D eigenvalue weighted by atomic mass is 35.5. The number of benzene rings is 1. The van der Waals surface area contributed by atoms with Crippen molar-refractivity contribution in [3.63, 3.8) is 0 Å². The van der Waals surface area contributed by atoms with Crippen LogP contribution in [0.2, 0.25) is 10.0 Å². The minimum atomic E-state index is -0.137. The van der Waals surface area contributed by atoms with Crippen molar-refractivity contribution in [3.05, 3.63) is 28.2 Å². The van der Waals surface area contributed by atoms with Crippen LogP contribution < -0.4 is 4.74 Å². The summed E-state index contributed by atoms with van der Waals surface area (Å²) in [7, 11) is 0. The van der Waals surface area contributed by atoms with Crippen LogP contribution in [0.4, 0.5) is 0 Å². The number of hydrogen-bond acceptors (Lipinski definition) is 3. The van der Waals surface area contributed by atoms with Crippen LogP contribution in [0.15, 0.2) is 18.2 Å². The van der Waals surface area contributed by atoms with Crippen LogP contribution in [0.5, 0.6) is 5.75 Å². The molecule has 104 valence electrons. The number of ether oxygens (including phenoxy) is 1. The van der Waals surface area contributed by atoms with Gasteiger partial charge in [0, 0.05) is 11.6 Å². The fourth-order valence-electron chi connectivity index (χ4n) is 2.17. The highest BCUT2D eigenvalue weighted by Crippen LogP contribution is 2.27. The van der Waals surface area contributed by atoms with E-state index in [1.54, 1.807) is 23.1 Å². The fourth-order valence-corrected chi connectivity index (χ4v) is 2.63. The minimum absolute atomic E-state index is 0.00651. The molecule has 1 aliphatic heterocycles. The molecule has 1 aliphatic rings. The van der Waals surface area contributed by atoms with Gasteiger partial charge in [-0.1, -0.05) is 23.2 Å². The van der Waals surface area contributed by atoms with E-state index in [2.05, 4.69) is 0 Å². The summed E-state index contributed by atoms with van der Waals surface area (Å²) in [6, 6.07) is 4.76. The molecule has 0 bridgehead atoms. The number of hydrogen-bond donors (Lipinski definition) is 1. The number of aliphatic hydroxyl groups is 1. The molecule has 1 aromatic rings. The van der Waals surface area contributed by atoms with Crippen molar-refractivity contribution in [3.8, 4) is 5.75 Å². The lowest BCUT2D eigenvalue weighted by atomic mass is 10.2. The van der Waals surface area contributed by atoms with Crippen LogP contribution in [-0.4, -0.2) is 41.7 Å². The van der Waals surface area contributed by atoms with Gasteiger partial charge in [-0.05, 0) is 31.0 Å². The van der Waals surface area contributed by atoms with Crippen molar-refractivity contribution in [1.82, 2.24) is 4.90 Å². The van der Waals surface area contributed by atoms with E-state index < -0.39 is 0 Å². The Morgan fingerprint density at radius 1 is 1.47 bits per heavy atom. The lowest BCUT2D eigenvalue weighted by Crippen LogP contribution is -2.40. The fraction of sp³-hybridized carbons (Fsp3) is 0.462. The smallest absolute Gasteiger partial charge is 0.260 e. The van der Waals surface area contributed by atoms with Crippen molar-refractivity contribution in [2.24, 2.45) is 0 Å². The Balaban J connectivity index is 1.93. The minimum Gasteiger partial charge on any atom is -0.482 e. The molecule has 1 amide bonds.